The zero-order valence-electron chi connectivity index (χ0n) is 15.2. The zero-order valence-corrected chi connectivity index (χ0v) is 16.8. The van der Waals surface area contributed by atoms with E-state index in [2.05, 4.69) is 0 Å². The lowest BCUT2D eigenvalue weighted by atomic mass is 10.0. The van der Waals surface area contributed by atoms with Gasteiger partial charge in [0, 0.05) is 12.8 Å². The molecule has 0 radical (unpaired) electrons. The maximum absolute atomic E-state index is 12.1. The average Bonchev–Trinajstić information content (AvgIpc) is 2.66. The monoisotopic (exact) mass is 440 g/mol. The van der Waals surface area contributed by atoms with E-state index in [-0.39, 0.29) is 34.8 Å². The van der Waals surface area contributed by atoms with E-state index in [1.54, 1.807) is 6.07 Å². The number of hydrogen-bond donors (Lipinski definition) is 3. The molecular formula is C18H20N2O7S2. The number of nitrogens with one attached hydrogen (secondary N) is 1. The van der Waals surface area contributed by atoms with E-state index in [1.807, 2.05) is 4.72 Å². The van der Waals surface area contributed by atoms with E-state index in [4.69, 9.17) is 10.3 Å². The first-order valence-corrected chi connectivity index (χ1v) is 11.4. The van der Waals surface area contributed by atoms with Crippen molar-refractivity contribution in [1.29, 1.82) is 0 Å². The van der Waals surface area contributed by atoms with Crippen molar-refractivity contribution >= 4 is 31.8 Å². The van der Waals surface area contributed by atoms with Crippen LogP contribution in [0.5, 0.6) is 0 Å². The molecule has 0 aliphatic heterocycles. The summed E-state index contributed by atoms with van der Waals surface area (Å²) < 4.78 is 57.4. The Morgan fingerprint density at radius 1 is 0.966 bits per heavy atom. The van der Waals surface area contributed by atoms with Crippen LogP contribution in [0.4, 0.5) is 0 Å². The third-order valence-electron chi connectivity index (χ3n) is 3.96. The standard InChI is InChI=1S/C18H20N2O7S2/c19-17(18(22)20-28(23,24)15-6-2-1-3-7-15)10-9-14(21)11-13-5-4-8-16(12-13)29(25,26)27/h1-8,12,17H,9-11,19H2,(H,20,22)(H,25,26,27)/t17-/m0/s1. The molecule has 2 aromatic carbocycles. The van der Waals surface area contributed by atoms with Gasteiger partial charge in [-0.3, -0.25) is 14.1 Å². The molecule has 4 N–H and O–H groups in total. The molecule has 0 bridgehead atoms. The fourth-order valence-electron chi connectivity index (χ4n) is 2.45. The van der Waals surface area contributed by atoms with E-state index >= 15 is 0 Å². The second-order valence-corrected chi connectivity index (χ2v) is 9.37. The SMILES string of the molecule is N[C@@H](CCC(=O)Cc1cccc(S(=O)(=O)O)c1)C(=O)NS(=O)(=O)c1ccccc1. The number of hydrogen-bond acceptors (Lipinski definition) is 7. The summed E-state index contributed by atoms with van der Waals surface area (Å²) in [7, 11) is -8.43. The van der Waals surface area contributed by atoms with Crippen molar-refractivity contribution in [3.63, 3.8) is 0 Å². The minimum absolute atomic E-state index is 0.0876. The second kappa shape index (κ2) is 9.27. The molecule has 1 atom stereocenters. The number of carbonyl (C=O) groups is 2. The molecule has 11 heteroatoms. The normalized spacial score (nSPS) is 12.9. The molecule has 9 nitrogen and oxygen atoms in total. The highest BCUT2D eigenvalue weighted by Crippen LogP contribution is 2.13. The molecule has 0 spiro atoms. The van der Waals surface area contributed by atoms with Crippen LogP contribution in [0.3, 0.4) is 0 Å². The Hall–Kier alpha value is -2.60. The van der Waals surface area contributed by atoms with Gasteiger partial charge in [0.1, 0.15) is 5.78 Å². The quantitative estimate of drug-likeness (QED) is 0.479. The Kier molecular flexibility index (Phi) is 7.25. The van der Waals surface area contributed by atoms with E-state index in [0.717, 1.165) is 0 Å². The van der Waals surface area contributed by atoms with Crippen LogP contribution in [-0.2, 0) is 36.2 Å². The van der Waals surface area contributed by atoms with Crippen LogP contribution in [0.2, 0.25) is 0 Å². The van der Waals surface area contributed by atoms with Crippen molar-refractivity contribution < 1.29 is 31.0 Å². The highest BCUT2D eigenvalue weighted by Gasteiger charge is 2.22. The molecule has 29 heavy (non-hydrogen) atoms. The van der Waals surface area contributed by atoms with E-state index in [9.17, 15) is 26.4 Å². The third-order valence-corrected chi connectivity index (χ3v) is 6.17. The van der Waals surface area contributed by atoms with Crippen LogP contribution >= 0.6 is 0 Å². The first kappa shape index (κ1) is 22.7. The summed E-state index contributed by atoms with van der Waals surface area (Å²) in [5.41, 5.74) is 6.05. The number of Topliss-reactive ketones (excluding diaryl/α,β-unsaturated/α-hetero) is 1. The summed E-state index contributed by atoms with van der Waals surface area (Å²) in [6, 6.07) is 11.3. The summed E-state index contributed by atoms with van der Waals surface area (Å²) >= 11 is 0. The number of sulfonamides is 1. The first-order chi connectivity index (χ1) is 13.5. The van der Waals surface area contributed by atoms with Crippen molar-refractivity contribution in [2.24, 2.45) is 5.73 Å². The number of nitrogens with two attached hydrogens (primary N) is 1. The number of rotatable bonds is 9. The zero-order chi connectivity index (χ0) is 21.7. The van der Waals surface area contributed by atoms with Crippen LogP contribution in [-0.4, -0.2) is 39.1 Å². The Labute approximate surface area is 168 Å². The van der Waals surface area contributed by atoms with Crippen LogP contribution < -0.4 is 10.5 Å². The van der Waals surface area contributed by atoms with Gasteiger partial charge < -0.3 is 5.73 Å². The van der Waals surface area contributed by atoms with Crippen LogP contribution in [0.25, 0.3) is 0 Å². The van der Waals surface area contributed by atoms with Crippen LogP contribution in [0, 0.1) is 0 Å². The molecule has 0 aliphatic rings. The second-order valence-electron chi connectivity index (χ2n) is 6.27. The van der Waals surface area contributed by atoms with Gasteiger partial charge in [0.25, 0.3) is 26.0 Å². The van der Waals surface area contributed by atoms with Gasteiger partial charge >= 0.3 is 0 Å². The van der Waals surface area contributed by atoms with Gasteiger partial charge in [0.15, 0.2) is 0 Å². The number of carbonyl (C=O) groups excluding carboxylic acids is 2. The molecule has 1 amide bonds. The van der Waals surface area contributed by atoms with Crippen molar-refractivity contribution in [3.8, 4) is 0 Å². The molecule has 0 unspecified atom stereocenters. The minimum Gasteiger partial charge on any atom is -0.320 e. The summed E-state index contributed by atoms with van der Waals surface area (Å²) in [5, 5.41) is 0. The Morgan fingerprint density at radius 2 is 1.59 bits per heavy atom. The molecule has 2 rings (SSSR count). The highest BCUT2D eigenvalue weighted by molar-refractivity contribution is 7.90. The fourth-order valence-corrected chi connectivity index (χ4v) is 4.05. The van der Waals surface area contributed by atoms with E-state index in [0.29, 0.717) is 5.56 Å². The van der Waals surface area contributed by atoms with Gasteiger partial charge in [-0.05, 0) is 36.2 Å². The van der Waals surface area contributed by atoms with Crippen molar-refractivity contribution in [2.75, 3.05) is 0 Å². The molecule has 0 aliphatic carbocycles. The summed E-state index contributed by atoms with van der Waals surface area (Å²) in [6.45, 7) is 0. The maximum Gasteiger partial charge on any atom is 0.294 e. The molecular weight excluding hydrogens is 420 g/mol. The van der Waals surface area contributed by atoms with Gasteiger partial charge in [-0.1, -0.05) is 30.3 Å². The summed E-state index contributed by atoms with van der Waals surface area (Å²) in [4.78, 5) is 23.7. The number of ketones is 1. The molecule has 0 aromatic heterocycles. The van der Waals surface area contributed by atoms with Gasteiger partial charge in [0.05, 0.1) is 15.8 Å². The van der Waals surface area contributed by atoms with Gasteiger partial charge in [-0.25, -0.2) is 13.1 Å². The summed E-state index contributed by atoms with van der Waals surface area (Å²) in [5.74, 6) is -1.26. The lowest BCUT2D eigenvalue weighted by Crippen LogP contribution is -2.43. The Bertz CT molecular complexity index is 1100. The number of benzene rings is 2. The van der Waals surface area contributed by atoms with Crippen LogP contribution in [0.1, 0.15) is 18.4 Å². The lowest BCUT2D eigenvalue weighted by molar-refractivity contribution is -0.121. The third kappa shape index (κ3) is 6.75. The van der Waals surface area contributed by atoms with Crippen LogP contribution in [0.15, 0.2) is 64.4 Å². The van der Waals surface area contributed by atoms with Crippen molar-refractivity contribution in [1.82, 2.24) is 4.72 Å². The fraction of sp³-hybridized carbons (Fsp3) is 0.222. The average molecular weight is 440 g/mol. The molecule has 2 aromatic rings. The first-order valence-electron chi connectivity index (χ1n) is 8.44. The highest BCUT2D eigenvalue weighted by atomic mass is 32.2. The Balaban J connectivity index is 1.91. The molecule has 0 fully saturated rings. The van der Waals surface area contributed by atoms with Gasteiger partial charge in [-0.15, -0.1) is 0 Å². The molecule has 156 valence electrons. The van der Waals surface area contributed by atoms with Crippen molar-refractivity contribution in [3.05, 3.63) is 60.2 Å². The topological polar surface area (TPSA) is 161 Å². The maximum atomic E-state index is 12.1. The molecule has 0 saturated heterocycles. The minimum atomic E-state index is -4.38. The molecule has 0 saturated carbocycles. The van der Waals surface area contributed by atoms with Crippen molar-refractivity contribution in [2.45, 2.75) is 35.1 Å². The van der Waals surface area contributed by atoms with E-state index < -0.39 is 32.1 Å². The lowest BCUT2D eigenvalue weighted by Gasteiger charge is -2.12. The number of amides is 1. The Morgan fingerprint density at radius 3 is 2.21 bits per heavy atom. The van der Waals surface area contributed by atoms with Gasteiger partial charge in [0.2, 0.25) is 0 Å². The predicted octanol–water partition coefficient (Wildman–Crippen LogP) is 0.658. The van der Waals surface area contributed by atoms with Gasteiger partial charge in [-0.2, -0.15) is 8.42 Å². The largest absolute Gasteiger partial charge is 0.320 e. The summed E-state index contributed by atoms with van der Waals surface area (Å²) in [6.07, 6.45) is -0.330. The smallest absolute Gasteiger partial charge is 0.294 e. The predicted molar refractivity (Wildman–Crippen MR) is 104 cm³/mol. The van der Waals surface area contributed by atoms with E-state index in [1.165, 1.54) is 48.5 Å². The molecule has 0 heterocycles.